The lowest BCUT2D eigenvalue weighted by molar-refractivity contribution is -0.144. The molecule has 11 heteroatoms. The largest absolute Gasteiger partial charge is 0.480 e. The van der Waals surface area contributed by atoms with Crippen molar-refractivity contribution in [3.63, 3.8) is 0 Å². The predicted octanol–water partition coefficient (Wildman–Crippen LogP) is 0.0788. The van der Waals surface area contributed by atoms with Crippen molar-refractivity contribution in [2.45, 2.75) is 84.2 Å². The fourth-order valence-electron chi connectivity index (χ4n) is 2.98. The van der Waals surface area contributed by atoms with E-state index in [9.17, 15) is 29.4 Å². The number of rotatable bonds is 15. The van der Waals surface area contributed by atoms with Gasteiger partial charge >= 0.3 is 5.97 Å². The second-order valence-electron chi connectivity index (χ2n) is 8.52. The molecule has 0 saturated heterocycles. The molecule has 0 fully saturated rings. The summed E-state index contributed by atoms with van der Waals surface area (Å²) in [6, 6.07) is -4.27. The van der Waals surface area contributed by atoms with Gasteiger partial charge in [0, 0.05) is 0 Å². The van der Waals surface area contributed by atoms with Crippen LogP contribution in [0, 0.1) is 11.8 Å². The number of amides is 3. The third-order valence-corrected chi connectivity index (χ3v) is 5.79. The molecule has 0 aliphatic carbocycles. The highest BCUT2D eigenvalue weighted by Gasteiger charge is 2.33. The summed E-state index contributed by atoms with van der Waals surface area (Å²) in [5.74, 6) is -2.72. The van der Waals surface area contributed by atoms with Crippen LogP contribution in [0.1, 0.15) is 53.9 Å². The van der Waals surface area contributed by atoms with Crippen LogP contribution in [0.5, 0.6) is 0 Å². The number of thioether (sulfide) groups is 1. The van der Waals surface area contributed by atoms with Crippen LogP contribution in [-0.2, 0) is 19.2 Å². The van der Waals surface area contributed by atoms with Gasteiger partial charge in [-0.1, -0.05) is 34.1 Å². The van der Waals surface area contributed by atoms with Crippen molar-refractivity contribution < 1.29 is 29.4 Å². The van der Waals surface area contributed by atoms with Gasteiger partial charge in [-0.25, -0.2) is 4.79 Å². The molecule has 6 unspecified atom stereocenters. The fourth-order valence-corrected chi connectivity index (χ4v) is 3.45. The normalized spacial score (nSPS) is 16.9. The molecule has 0 radical (unpaired) electrons. The molecule has 186 valence electrons. The Labute approximate surface area is 194 Å². The Morgan fingerprint density at radius 1 is 0.938 bits per heavy atom. The number of hydrogen-bond acceptors (Lipinski definition) is 7. The lowest BCUT2D eigenvalue weighted by atomic mass is 9.98. The smallest absolute Gasteiger partial charge is 0.326 e. The van der Waals surface area contributed by atoms with E-state index < -0.39 is 54.0 Å². The summed E-state index contributed by atoms with van der Waals surface area (Å²) in [6.45, 7) is 8.66. The minimum absolute atomic E-state index is 0.199. The molecule has 0 aromatic heterocycles. The lowest BCUT2D eigenvalue weighted by Gasteiger charge is -2.27. The van der Waals surface area contributed by atoms with Crippen LogP contribution in [0.3, 0.4) is 0 Å². The molecule has 32 heavy (non-hydrogen) atoms. The minimum atomic E-state index is -1.38. The summed E-state index contributed by atoms with van der Waals surface area (Å²) in [5, 5.41) is 26.9. The first-order valence-electron chi connectivity index (χ1n) is 10.9. The average Bonchev–Trinajstić information content (AvgIpc) is 2.70. The third-order valence-electron chi connectivity index (χ3n) is 5.15. The Balaban J connectivity index is 5.41. The molecule has 3 amide bonds. The van der Waals surface area contributed by atoms with Gasteiger partial charge in [-0.2, -0.15) is 11.8 Å². The highest BCUT2D eigenvalue weighted by Crippen LogP contribution is 2.10. The van der Waals surface area contributed by atoms with Crippen LogP contribution < -0.4 is 21.7 Å². The van der Waals surface area contributed by atoms with Crippen LogP contribution in [0.2, 0.25) is 0 Å². The van der Waals surface area contributed by atoms with E-state index in [4.69, 9.17) is 5.73 Å². The van der Waals surface area contributed by atoms with Gasteiger partial charge in [0.2, 0.25) is 17.7 Å². The van der Waals surface area contributed by atoms with Crippen LogP contribution in [0.15, 0.2) is 0 Å². The van der Waals surface area contributed by atoms with E-state index >= 15 is 0 Å². The first-order valence-corrected chi connectivity index (χ1v) is 12.3. The molecule has 6 atom stereocenters. The first kappa shape index (κ1) is 30.1. The quantitative estimate of drug-likeness (QED) is 0.193. The zero-order chi connectivity index (χ0) is 25.0. The molecular weight excluding hydrogens is 436 g/mol. The van der Waals surface area contributed by atoms with E-state index in [0.29, 0.717) is 25.0 Å². The van der Waals surface area contributed by atoms with Crippen LogP contribution in [-0.4, -0.2) is 76.2 Å². The van der Waals surface area contributed by atoms with Crippen molar-refractivity contribution in [2.75, 3.05) is 12.0 Å². The molecular formula is C21H40N4O6S. The molecule has 0 aliphatic rings. The fraction of sp³-hybridized carbons (Fsp3) is 0.810. The van der Waals surface area contributed by atoms with Crippen molar-refractivity contribution >= 4 is 35.5 Å². The van der Waals surface area contributed by atoms with Crippen molar-refractivity contribution in [1.29, 1.82) is 0 Å². The molecule has 0 saturated carbocycles. The van der Waals surface area contributed by atoms with Gasteiger partial charge in [-0.05, 0) is 43.6 Å². The highest BCUT2D eigenvalue weighted by molar-refractivity contribution is 7.98. The number of nitrogens with one attached hydrogen (secondary N) is 3. The summed E-state index contributed by atoms with van der Waals surface area (Å²) in [4.78, 5) is 49.5. The maximum atomic E-state index is 12.9. The second-order valence-corrected chi connectivity index (χ2v) is 9.50. The molecule has 0 spiro atoms. The zero-order valence-corrected chi connectivity index (χ0v) is 20.7. The van der Waals surface area contributed by atoms with Gasteiger partial charge in [-0.15, -0.1) is 0 Å². The lowest BCUT2D eigenvalue weighted by Crippen LogP contribution is -2.60. The number of hydrogen-bond donors (Lipinski definition) is 6. The topological polar surface area (TPSA) is 171 Å². The van der Waals surface area contributed by atoms with E-state index in [1.165, 1.54) is 18.7 Å². The number of carboxylic acid groups (broad SMARTS) is 1. The molecule has 0 rings (SSSR count). The number of carbonyl (C=O) groups is 4. The van der Waals surface area contributed by atoms with Gasteiger partial charge in [-0.3, -0.25) is 14.4 Å². The van der Waals surface area contributed by atoms with Crippen LogP contribution in [0.4, 0.5) is 0 Å². The Morgan fingerprint density at radius 3 is 1.94 bits per heavy atom. The van der Waals surface area contributed by atoms with Gasteiger partial charge in [0.1, 0.15) is 18.1 Å². The first-order chi connectivity index (χ1) is 14.8. The van der Waals surface area contributed by atoms with Crippen LogP contribution >= 0.6 is 11.8 Å². The Kier molecular flexibility index (Phi) is 14.2. The summed E-state index contributed by atoms with van der Waals surface area (Å²) in [5.41, 5.74) is 5.91. The Hall–Kier alpha value is -1.85. The molecule has 0 aromatic rings. The number of aliphatic carboxylic acids is 1. The van der Waals surface area contributed by atoms with Crippen molar-refractivity contribution in [2.24, 2.45) is 17.6 Å². The summed E-state index contributed by atoms with van der Waals surface area (Å²) in [6.07, 6.45) is 1.83. The SMILES string of the molecule is CCC(C)C(NC(=O)C(NC(=O)C(CCSC)NC(=O)C(N)CC(C)C)C(C)O)C(=O)O. The Morgan fingerprint density at radius 2 is 1.50 bits per heavy atom. The molecule has 0 heterocycles. The van der Waals surface area contributed by atoms with Crippen LogP contribution in [0.25, 0.3) is 0 Å². The number of aliphatic hydroxyl groups excluding tert-OH is 1. The van der Waals surface area contributed by atoms with Gasteiger partial charge in [0.15, 0.2) is 0 Å². The molecule has 0 aliphatic heterocycles. The maximum Gasteiger partial charge on any atom is 0.326 e. The van der Waals surface area contributed by atoms with Gasteiger partial charge < -0.3 is 31.9 Å². The molecule has 7 N–H and O–H groups in total. The van der Waals surface area contributed by atoms with E-state index in [-0.39, 0.29) is 11.8 Å². The average molecular weight is 477 g/mol. The van der Waals surface area contributed by atoms with Crippen molar-refractivity contribution in [3.8, 4) is 0 Å². The van der Waals surface area contributed by atoms with Crippen molar-refractivity contribution in [1.82, 2.24) is 16.0 Å². The summed E-state index contributed by atoms with van der Waals surface area (Å²) < 4.78 is 0. The number of carboxylic acids is 1. The standard InChI is InChI=1S/C21H40N4O6S/c1-7-12(4)16(21(30)31)24-20(29)17(13(5)26)25-19(28)15(8-9-32-6)23-18(27)14(22)10-11(2)3/h11-17,26H,7-10,22H2,1-6H3,(H,23,27)(H,24,29)(H,25,28)(H,30,31). The molecule has 10 nitrogen and oxygen atoms in total. The van der Waals surface area contributed by atoms with E-state index in [2.05, 4.69) is 16.0 Å². The van der Waals surface area contributed by atoms with Crippen molar-refractivity contribution in [3.05, 3.63) is 0 Å². The predicted molar refractivity (Wildman–Crippen MR) is 125 cm³/mol. The maximum absolute atomic E-state index is 12.9. The second kappa shape index (κ2) is 15.1. The van der Waals surface area contributed by atoms with Gasteiger partial charge in [0.25, 0.3) is 0 Å². The summed E-state index contributed by atoms with van der Waals surface area (Å²) >= 11 is 1.49. The van der Waals surface area contributed by atoms with Gasteiger partial charge in [0.05, 0.1) is 12.1 Å². The monoisotopic (exact) mass is 476 g/mol. The molecule has 0 bridgehead atoms. The molecule has 0 aromatic carbocycles. The minimum Gasteiger partial charge on any atom is -0.480 e. The zero-order valence-electron chi connectivity index (χ0n) is 19.9. The van der Waals surface area contributed by atoms with E-state index in [1.54, 1.807) is 13.8 Å². The number of nitrogens with two attached hydrogens (primary N) is 1. The van der Waals surface area contributed by atoms with E-state index in [1.807, 2.05) is 20.1 Å². The number of carbonyl (C=O) groups excluding carboxylic acids is 3. The third kappa shape index (κ3) is 10.6. The van der Waals surface area contributed by atoms with E-state index in [0.717, 1.165) is 0 Å². The summed E-state index contributed by atoms with van der Waals surface area (Å²) in [7, 11) is 0. The highest BCUT2D eigenvalue weighted by atomic mass is 32.2. The number of aliphatic hydroxyl groups is 1. The Bertz CT molecular complexity index is 631.